The van der Waals surface area contributed by atoms with Crippen LogP contribution in [0.5, 0.6) is 5.75 Å². The maximum Gasteiger partial charge on any atom is 0.278 e. The van der Waals surface area contributed by atoms with E-state index in [-0.39, 0.29) is 6.54 Å². The Morgan fingerprint density at radius 3 is 2.77 bits per heavy atom. The van der Waals surface area contributed by atoms with E-state index in [9.17, 15) is 9.59 Å². The lowest BCUT2D eigenvalue weighted by molar-refractivity contribution is -0.146. The monoisotopic (exact) mass is 300 g/mol. The zero-order chi connectivity index (χ0) is 15.7. The number of carbonyl (C=O) groups excluding carboxylic acids is 2. The molecular weight excluding hydrogens is 284 g/mol. The lowest BCUT2D eigenvalue weighted by Gasteiger charge is -2.33. The summed E-state index contributed by atoms with van der Waals surface area (Å²) in [5, 5.41) is 5.35. The number of aryl methyl sites for hydroxylation is 1. The van der Waals surface area contributed by atoms with Crippen LogP contribution in [0, 0.1) is 6.92 Å². The molecule has 0 bridgehead atoms. The van der Waals surface area contributed by atoms with Gasteiger partial charge < -0.3 is 19.8 Å². The van der Waals surface area contributed by atoms with E-state index in [1.807, 2.05) is 13.0 Å². The van der Waals surface area contributed by atoms with Crippen LogP contribution in [0.3, 0.4) is 0 Å². The number of nitrogens with one attached hydrogen (secondary N) is 2. The van der Waals surface area contributed by atoms with Crippen LogP contribution < -0.4 is 15.4 Å². The molecule has 3 rings (SSSR count). The van der Waals surface area contributed by atoms with Crippen molar-refractivity contribution in [3.05, 3.63) is 47.9 Å². The normalized spacial score (nSPS) is 19.8. The Bertz CT molecular complexity index is 737. The van der Waals surface area contributed by atoms with Crippen LogP contribution in [-0.4, -0.2) is 17.4 Å². The van der Waals surface area contributed by atoms with Crippen molar-refractivity contribution in [2.75, 3.05) is 5.32 Å². The zero-order valence-electron chi connectivity index (χ0n) is 12.3. The summed E-state index contributed by atoms with van der Waals surface area (Å²) in [7, 11) is 0. The molecule has 2 N–H and O–H groups in total. The Morgan fingerprint density at radius 1 is 1.27 bits per heavy atom. The minimum Gasteiger partial charge on any atom is -0.466 e. The first-order chi connectivity index (χ1) is 10.5. The van der Waals surface area contributed by atoms with E-state index in [0.717, 1.165) is 5.76 Å². The zero-order valence-corrected chi connectivity index (χ0v) is 12.3. The van der Waals surface area contributed by atoms with Crippen molar-refractivity contribution in [3.8, 4) is 5.75 Å². The fourth-order valence-electron chi connectivity index (χ4n) is 2.23. The largest absolute Gasteiger partial charge is 0.466 e. The molecule has 2 heterocycles. The molecule has 0 aliphatic carbocycles. The Balaban J connectivity index is 1.75. The van der Waals surface area contributed by atoms with Gasteiger partial charge in [0.15, 0.2) is 0 Å². The molecule has 0 saturated carbocycles. The van der Waals surface area contributed by atoms with Crippen LogP contribution >= 0.6 is 0 Å². The highest BCUT2D eigenvalue weighted by Gasteiger charge is 2.47. The van der Waals surface area contributed by atoms with Crippen LogP contribution in [0.4, 0.5) is 5.69 Å². The predicted octanol–water partition coefficient (Wildman–Crippen LogP) is 1.99. The van der Waals surface area contributed by atoms with Crippen LogP contribution in [0.15, 0.2) is 40.8 Å². The predicted molar refractivity (Wildman–Crippen MR) is 79.4 cm³/mol. The summed E-state index contributed by atoms with van der Waals surface area (Å²) >= 11 is 0. The molecule has 6 heteroatoms. The average Bonchev–Trinajstić information content (AvgIpc) is 2.91. The minimum absolute atomic E-state index is 0.195. The van der Waals surface area contributed by atoms with E-state index in [0.29, 0.717) is 17.2 Å². The van der Waals surface area contributed by atoms with Gasteiger partial charge in [0.2, 0.25) is 0 Å². The van der Waals surface area contributed by atoms with Crippen LogP contribution in [0.25, 0.3) is 0 Å². The molecule has 2 amide bonds. The molecule has 1 aromatic carbocycles. The summed E-state index contributed by atoms with van der Waals surface area (Å²) in [6, 6.07) is 10.6. The topological polar surface area (TPSA) is 80.6 Å². The number of furan rings is 1. The fourth-order valence-corrected chi connectivity index (χ4v) is 2.23. The van der Waals surface area contributed by atoms with Gasteiger partial charge in [-0.1, -0.05) is 12.1 Å². The second-order valence-corrected chi connectivity index (χ2v) is 5.28. The molecule has 2 aromatic rings. The summed E-state index contributed by atoms with van der Waals surface area (Å²) in [5.74, 6) is 0.823. The van der Waals surface area contributed by atoms with Crippen LogP contribution in [0.1, 0.15) is 18.4 Å². The van der Waals surface area contributed by atoms with Crippen LogP contribution in [0.2, 0.25) is 0 Å². The molecule has 0 saturated heterocycles. The number of anilines is 1. The number of ether oxygens (including phenoxy) is 1. The van der Waals surface area contributed by atoms with Crippen LogP contribution in [-0.2, 0) is 16.1 Å². The average molecular weight is 300 g/mol. The Hall–Kier alpha value is -2.76. The summed E-state index contributed by atoms with van der Waals surface area (Å²) in [6.45, 7) is 3.46. The summed E-state index contributed by atoms with van der Waals surface area (Å²) < 4.78 is 11.0. The van der Waals surface area contributed by atoms with Gasteiger partial charge in [-0.15, -0.1) is 0 Å². The third kappa shape index (κ3) is 2.43. The van der Waals surface area contributed by atoms with E-state index in [1.165, 1.54) is 6.92 Å². The van der Waals surface area contributed by atoms with E-state index in [4.69, 9.17) is 9.15 Å². The maximum atomic E-state index is 12.4. The summed E-state index contributed by atoms with van der Waals surface area (Å²) in [4.78, 5) is 24.6. The van der Waals surface area contributed by atoms with Crippen molar-refractivity contribution >= 4 is 17.5 Å². The molecule has 6 nitrogen and oxygen atoms in total. The molecule has 1 aliphatic rings. The quantitative estimate of drug-likeness (QED) is 0.850. The number of rotatable bonds is 3. The summed E-state index contributed by atoms with van der Waals surface area (Å²) in [5.41, 5.74) is -1.06. The molecule has 1 aliphatic heterocycles. The highest BCUT2D eigenvalue weighted by Crippen LogP contribution is 2.33. The van der Waals surface area contributed by atoms with Crippen molar-refractivity contribution in [2.24, 2.45) is 0 Å². The van der Waals surface area contributed by atoms with Gasteiger partial charge in [-0.3, -0.25) is 9.59 Å². The molecule has 22 heavy (non-hydrogen) atoms. The van der Waals surface area contributed by atoms with Gasteiger partial charge >= 0.3 is 0 Å². The van der Waals surface area contributed by atoms with Gasteiger partial charge in [0.05, 0.1) is 12.2 Å². The first-order valence-corrected chi connectivity index (χ1v) is 6.92. The molecular formula is C16H16N2O4. The molecule has 1 aromatic heterocycles. The van der Waals surface area contributed by atoms with Gasteiger partial charge in [-0.25, -0.2) is 0 Å². The third-order valence-corrected chi connectivity index (χ3v) is 3.54. The van der Waals surface area contributed by atoms with Crippen molar-refractivity contribution in [2.45, 2.75) is 26.0 Å². The molecule has 1 atom stereocenters. The molecule has 0 fully saturated rings. The molecule has 0 unspecified atom stereocenters. The van der Waals surface area contributed by atoms with Gasteiger partial charge in [-0.05, 0) is 38.1 Å². The first-order valence-electron chi connectivity index (χ1n) is 6.92. The van der Waals surface area contributed by atoms with E-state index in [2.05, 4.69) is 10.6 Å². The number of carbonyl (C=O) groups is 2. The second kappa shape index (κ2) is 5.22. The minimum atomic E-state index is -1.62. The lowest BCUT2D eigenvalue weighted by atomic mass is 10.0. The SMILES string of the molecule is Cc1ccc(CNC(=O)[C@]2(C)Oc3ccccc3NC2=O)o1. The Labute approximate surface area is 127 Å². The fraction of sp³-hybridized carbons (Fsp3) is 0.250. The number of amides is 2. The molecule has 0 spiro atoms. The number of hydrogen-bond acceptors (Lipinski definition) is 4. The number of hydrogen-bond donors (Lipinski definition) is 2. The third-order valence-electron chi connectivity index (χ3n) is 3.54. The van der Waals surface area contributed by atoms with Crippen molar-refractivity contribution in [1.29, 1.82) is 0 Å². The van der Waals surface area contributed by atoms with Crippen molar-refractivity contribution in [3.63, 3.8) is 0 Å². The highest BCUT2D eigenvalue weighted by molar-refractivity contribution is 6.15. The standard InChI is InChI=1S/C16H16N2O4/c1-10-7-8-11(21-10)9-17-14(19)16(2)15(20)18-12-5-3-4-6-13(12)22-16/h3-8H,9H2,1-2H3,(H,17,19)(H,18,20)/t16-/m0/s1. The Kier molecular flexibility index (Phi) is 3.36. The highest BCUT2D eigenvalue weighted by atomic mass is 16.5. The number of benzene rings is 1. The molecule has 114 valence electrons. The van der Waals surface area contributed by atoms with Gasteiger partial charge in [0.25, 0.3) is 17.4 Å². The van der Waals surface area contributed by atoms with E-state index < -0.39 is 17.4 Å². The molecule has 0 radical (unpaired) electrons. The smallest absolute Gasteiger partial charge is 0.278 e. The van der Waals surface area contributed by atoms with Gasteiger partial charge in [0.1, 0.15) is 17.3 Å². The first kappa shape index (κ1) is 14.2. The van der Waals surface area contributed by atoms with E-state index in [1.54, 1.807) is 30.3 Å². The van der Waals surface area contributed by atoms with Gasteiger partial charge in [-0.2, -0.15) is 0 Å². The van der Waals surface area contributed by atoms with Gasteiger partial charge in [0, 0.05) is 0 Å². The van der Waals surface area contributed by atoms with E-state index >= 15 is 0 Å². The number of fused-ring (bicyclic) bond motifs is 1. The van der Waals surface area contributed by atoms with Crippen molar-refractivity contribution in [1.82, 2.24) is 5.32 Å². The Morgan fingerprint density at radius 2 is 2.05 bits per heavy atom. The maximum absolute atomic E-state index is 12.4. The summed E-state index contributed by atoms with van der Waals surface area (Å²) in [6.07, 6.45) is 0. The van der Waals surface area contributed by atoms with Crippen molar-refractivity contribution < 1.29 is 18.7 Å². The number of para-hydroxylation sites is 2. The lowest BCUT2D eigenvalue weighted by Crippen LogP contribution is -2.58. The second-order valence-electron chi connectivity index (χ2n) is 5.28.